The van der Waals surface area contributed by atoms with E-state index in [0.29, 0.717) is 0 Å². The molecule has 22 heavy (non-hydrogen) atoms. The van der Waals surface area contributed by atoms with Gasteiger partial charge in [0.1, 0.15) is 24.9 Å². The van der Waals surface area contributed by atoms with Crippen LogP contribution in [-0.2, 0) is 33.3 Å². The number of nitrogens with zero attached hydrogens (tertiary/aromatic N) is 3. The van der Waals surface area contributed by atoms with Crippen LogP contribution < -0.4 is 0 Å². The molecule has 1 rings (SSSR count). The van der Waals surface area contributed by atoms with E-state index in [9.17, 15) is 14.4 Å². The van der Waals surface area contributed by atoms with Crippen molar-refractivity contribution < 1.29 is 33.3 Å². The SMILES string of the molecule is CC(=O)OCC1OC(OC(C)=O)C(N=[N+]=[N-])CC1OC(C)=O. The molecule has 0 aromatic heterocycles. The van der Waals surface area contributed by atoms with Crippen LogP contribution in [0.4, 0.5) is 0 Å². The maximum Gasteiger partial charge on any atom is 0.304 e. The Kier molecular flexibility index (Phi) is 6.61. The summed E-state index contributed by atoms with van der Waals surface area (Å²) in [6.07, 6.45) is -2.68. The van der Waals surface area contributed by atoms with Gasteiger partial charge in [-0.05, 0) is 5.53 Å². The van der Waals surface area contributed by atoms with E-state index in [-0.39, 0.29) is 13.0 Å². The summed E-state index contributed by atoms with van der Waals surface area (Å²) in [5, 5.41) is 3.48. The third kappa shape index (κ3) is 5.58. The van der Waals surface area contributed by atoms with Crippen LogP contribution >= 0.6 is 0 Å². The Labute approximate surface area is 126 Å². The second kappa shape index (κ2) is 8.20. The van der Waals surface area contributed by atoms with Crippen LogP contribution in [0.25, 0.3) is 10.4 Å². The van der Waals surface area contributed by atoms with Gasteiger partial charge in [-0.1, -0.05) is 5.11 Å². The first-order valence-electron chi connectivity index (χ1n) is 6.51. The third-order valence-corrected chi connectivity index (χ3v) is 2.76. The smallest absolute Gasteiger partial charge is 0.304 e. The van der Waals surface area contributed by atoms with E-state index in [0.717, 1.165) is 0 Å². The van der Waals surface area contributed by atoms with Crippen molar-refractivity contribution in [1.82, 2.24) is 0 Å². The minimum atomic E-state index is -1.14. The standard InChI is InChI=1S/C12H17N3O7/c1-6(16)19-5-11-10(20-7(2)17)4-9(14-15-13)12(22-11)21-8(3)18/h9-12H,4-5H2,1-3H3. The molecule has 0 bridgehead atoms. The molecular weight excluding hydrogens is 298 g/mol. The molecule has 0 saturated carbocycles. The minimum absolute atomic E-state index is 0.0769. The molecule has 1 fully saturated rings. The summed E-state index contributed by atoms with van der Waals surface area (Å²) in [6.45, 7) is 3.42. The number of esters is 3. The van der Waals surface area contributed by atoms with Gasteiger partial charge in [-0.2, -0.15) is 0 Å². The third-order valence-electron chi connectivity index (χ3n) is 2.76. The summed E-state index contributed by atoms with van der Waals surface area (Å²) in [5.41, 5.74) is 8.57. The van der Waals surface area contributed by atoms with Gasteiger partial charge < -0.3 is 18.9 Å². The molecule has 0 aliphatic carbocycles. The van der Waals surface area contributed by atoms with Crippen LogP contribution in [-0.4, -0.2) is 49.1 Å². The lowest BCUT2D eigenvalue weighted by molar-refractivity contribution is -0.239. The Hall–Kier alpha value is -2.32. The highest BCUT2D eigenvalue weighted by molar-refractivity contribution is 5.67. The fraction of sp³-hybridized carbons (Fsp3) is 0.750. The summed E-state index contributed by atoms with van der Waals surface area (Å²) in [5.74, 6) is -1.72. The van der Waals surface area contributed by atoms with E-state index >= 15 is 0 Å². The van der Waals surface area contributed by atoms with Crippen molar-refractivity contribution in [2.24, 2.45) is 5.11 Å². The van der Waals surface area contributed by atoms with Crippen molar-refractivity contribution >= 4 is 17.9 Å². The molecule has 0 N–H and O–H groups in total. The average Bonchev–Trinajstić information content (AvgIpc) is 2.39. The highest BCUT2D eigenvalue weighted by Crippen LogP contribution is 2.26. The molecule has 1 aliphatic rings. The zero-order valence-electron chi connectivity index (χ0n) is 12.4. The molecular formula is C12H17N3O7. The summed E-state index contributed by atoms with van der Waals surface area (Å²) >= 11 is 0. The molecule has 0 aromatic rings. The molecule has 1 heterocycles. The van der Waals surface area contributed by atoms with E-state index in [1.54, 1.807) is 0 Å². The summed E-state index contributed by atoms with van der Waals surface area (Å²) < 4.78 is 20.3. The fourth-order valence-electron chi connectivity index (χ4n) is 1.97. The minimum Gasteiger partial charge on any atom is -0.463 e. The number of carbonyl (C=O) groups is 3. The summed E-state index contributed by atoms with van der Waals surface area (Å²) in [7, 11) is 0. The first-order valence-corrected chi connectivity index (χ1v) is 6.51. The number of hydrogen-bond donors (Lipinski definition) is 0. The van der Waals surface area contributed by atoms with Crippen molar-refractivity contribution in [3.63, 3.8) is 0 Å². The van der Waals surface area contributed by atoms with Gasteiger partial charge in [0.15, 0.2) is 0 Å². The maximum atomic E-state index is 11.1. The van der Waals surface area contributed by atoms with Crippen LogP contribution in [0.1, 0.15) is 27.2 Å². The molecule has 4 atom stereocenters. The van der Waals surface area contributed by atoms with E-state index in [2.05, 4.69) is 10.0 Å². The number of carbonyl (C=O) groups excluding carboxylic acids is 3. The fourth-order valence-corrected chi connectivity index (χ4v) is 1.97. The highest BCUT2D eigenvalue weighted by Gasteiger charge is 2.41. The van der Waals surface area contributed by atoms with Crippen LogP contribution in [0, 0.1) is 0 Å². The lowest BCUT2D eigenvalue weighted by Gasteiger charge is -2.38. The van der Waals surface area contributed by atoms with Crippen LogP contribution in [0.5, 0.6) is 0 Å². The van der Waals surface area contributed by atoms with Gasteiger partial charge in [0.25, 0.3) is 0 Å². The quantitative estimate of drug-likeness (QED) is 0.241. The van der Waals surface area contributed by atoms with Gasteiger partial charge in [-0.3, -0.25) is 14.4 Å². The van der Waals surface area contributed by atoms with E-state index in [1.807, 2.05) is 0 Å². The zero-order valence-corrected chi connectivity index (χ0v) is 12.4. The molecule has 0 amide bonds. The number of ether oxygens (including phenoxy) is 4. The van der Waals surface area contributed by atoms with Crippen LogP contribution in [0.3, 0.4) is 0 Å². The largest absolute Gasteiger partial charge is 0.463 e. The van der Waals surface area contributed by atoms with Gasteiger partial charge in [0.05, 0.1) is 0 Å². The van der Waals surface area contributed by atoms with E-state index in [4.69, 9.17) is 24.5 Å². The van der Waals surface area contributed by atoms with Crippen molar-refractivity contribution in [2.45, 2.75) is 51.7 Å². The number of hydrogen-bond acceptors (Lipinski definition) is 8. The van der Waals surface area contributed by atoms with Gasteiger partial charge in [-0.25, -0.2) is 0 Å². The lowest BCUT2D eigenvalue weighted by Crippen LogP contribution is -2.51. The van der Waals surface area contributed by atoms with Gasteiger partial charge in [0.2, 0.25) is 6.29 Å². The average molecular weight is 315 g/mol. The molecule has 0 spiro atoms. The molecule has 10 heteroatoms. The maximum absolute atomic E-state index is 11.1. The topological polar surface area (TPSA) is 137 Å². The van der Waals surface area contributed by atoms with Gasteiger partial charge in [-0.15, -0.1) is 0 Å². The van der Waals surface area contributed by atoms with Crippen molar-refractivity contribution in [1.29, 1.82) is 0 Å². The van der Waals surface area contributed by atoms with Crippen LogP contribution in [0.2, 0.25) is 0 Å². The number of azide groups is 1. The summed E-state index contributed by atoms with van der Waals surface area (Å²) in [6, 6.07) is -0.855. The van der Waals surface area contributed by atoms with Crippen LogP contribution in [0.15, 0.2) is 5.11 Å². The Balaban J connectivity index is 2.89. The Bertz CT molecular complexity index is 489. The molecule has 1 aliphatic heterocycles. The van der Waals surface area contributed by atoms with Gasteiger partial charge >= 0.3 is 17.9 Å². The van der Waals surface area contributed by atoms with Crippen molar-refractivity contribution in [2.75, 3.05) is 6.61 Å². The normalized spacial score (nSPS) is 27.2. The Morgan fingerprint density at radius 3 is 2.32 bits per heavy atom. The molecule has 1 saturated heterocycles. The first kappa shape index (κ1) is 17.7. The second-order valence-electron chi connectivity index (χ2n) is 4.61. The predicted molar refractivity (Wildman–Crippen MR) is 70.2 cm³/mol. The highest BCUT2D eigenvalue weighted by atomic mass is 16.7. The Morgan fingerprint density at radius 1 is 1.18 bits per heavy atom. The molecule has 0 aromatic carbocycles. The number of rotatable bonds is 5. The van der Waals surface area contributed by atoms with Gasteiger partial charge in [0, 0.05) is 32.1 Å². The Morgan fingerprint density at radius 2 is 1.82 bits per heavy atom. The second-order valence-corrected chi connectivity index (χ2v) is 4.61. The molecule has 10 nitrogen and oxygen atoms in total. The molecule has 4 unspecified atom stereocenters. The van der Waals surface area contributed by atoms with E-state index in [1.165, 1.54) is 20.8 Å². The lowest BCUT2D eigenvalue weighted by atomic mass is 10.0. The van der Waals surface area contributed by atoms with Crippen molar-refractivity contribution in [3.8, 4) is 0 Å². The zero-order chi connectivity index (χ0) is 16.7. The molecule has 122 valence electrons. The predicted octanol–water partition coefficient (Wildman–Crippen LogP) is 0.838. The summed E-state index contributed by atoms with van der Waals surface area (Å²) in [4.78, 5) is 35.8. The molecule has 0 radical (unpaired) electrons. The van der Waals surface area contributed by atoms with E-state index < -0.39 is 42.4 Å². The monoisotopic (exact) mass is 315 g/mol. The van der Waals surface area contributed by atoms with Crippen molar-refractivity contribution in [3.05, 3.63) is 10.4 Å². The first-order chi connectivity index (χ1) is 10.3.